The molecule has 0 saturated heterocycles. The van der Waals surface area contributed by atoms with E-state index in [4.69, 9.17) is 4.74 Å². The molecule has 8 nitrogen and oxygen atoms in total. The monoisotopic (exact) mass is 404 g/mol. The van der Waals surface area contributed by atoms with Gasteiger partial charge in [-0.05, 0) is 43.7 Å². The Labute approximate surface area is 173 Å². The van der Waals surface area contributed by atoms with Crippen molar-refractivity contribution in [3.63, 3.8) is 0 Å². The number of hydrogen-bond acceptors (Lipinski definition) is 6. The largest absolute Gasteiger partial charge is 0.423 e. The van der Waals surface area contributed by atoms with Gasteiger partial charge in [-0.15, -0.1) is 0 Å². The van der Waals surface area contributed by atoms with Crippen molar-refractivity contribution in [1.82, 2.24) is 10.9 Å². The number of nitrogens with zero attached hydrogens (tertiary/aromatic N) is 2. The normalized spacial score (nSPS) is 21.4. The maximum atomic E-state index is 12.5. The highest BCUT2D eigenvalue weighted by molar-refractivity contribution is 6.12. The van der Waals surface area contributed by atoms with Crippen LogP contribution in [0.25, 0.3) is 0 Å². The average Bonchev–Trinajstić information content (AvgIpc) is 3.26. The quantitative estimate of drug-likeness (QED) is 0.588. The molecule has 152 valence electrons. The van der Waals surface area contributed by atoms with Gasteiger partial charge in [0.25, 0.3) is 0 Å². The highest BCUT2D eigenvalue weighted by Gasteiger charge is 2.45. The lowest BCUT2D eigenvalue weighted by molar-refractivity contribution is -0.125. The summed E-state index contributed by atoms with van der Waals surface area (Å²) in [5.41, 5.74) is 7.39. The zero-order valence-corrected chi connectivity index (χ0v) is 16.5. The van der Waals surface area contributed by atoms with Crippen molar-refractivity contribution in [3.05, 3.63) is 65.7 Å². The molecular formula is C22H20N4O4. The number of hydrogen-bond donors (Lipinski definition) is 2. The van der Waals surface area contributed by atoms with E-state index in [1.165, 1.54) is 0 Å². The fraction of sp³-hybridized carbons (Fsp3) is 0.227. The minimum Gasteiger partial charge on any atom is -0.423 e. The van der Waals surface area contributed by atoms with Crippen LogP contribution in [0.3, 0.4) is 0 Å². The molecule has 30 heavy (non-hydrogen) atoms. The van der Waals surface area contributed by atoms with Crippen molar-refractivity contribution in [3.8, 4) is 5.75 Å². The Balaban J connectivity index is 1.62. The molecule has 0 radical (unpaired) electrons. The molecule has 2 unspecified atom stereocenters. The van der Waals surface area contributed by atoms with Crippen LogP contribution in [0.5, 0.6) is 5.75 Å². The molecule has 2 aromatic carbocycles. The summed E-state index contributed by atoms with van der Waals surface area (Å²) in [7, 11) is 0. The van der Waals surface area contributed by atoms with Crippen molar-refractivity contribution in [2.75, 3.05) is 0 Å². The first-order valence-electron chi connectivity index (χ1n) is 9.51. The Morgan fingerprint density at radius 3 is 1.87 bits per heavy atom. The van der Waals surface area contributed by atoms with E-state index >= 15 is 0 Å². The van der Waals surface area contributed by atoms with Crippen LogP contribution in [-0.4, -0.2) is 29.2 Å². The predicted octanol–water partition coefficient (Wildman–Crippen LogP) is 2.23. The summed E-state index contributed by atoms with van der Waals surface area (Å²) in [5, 5.41) is 8.07. The van der Waals surface area contributed by atoms with Gasteiger partial charge in [-0.25, -0.2) is 15.6 Å². The van der Waals surface area contributed by atoms with Crippen molar-refractivity contribution < 1.29 is 19.1 Å². The second-order valence-corrected chi connectivity index (χ2v) is 7.26. The first-order valence-corrected chi connectivity index (χ1v) is 9.51. The fourth-order valence-electron chi connectivity index (χ4n) is 3.87. The number of benzene rings is 2. The van der Waals surface area contributed by atoms with Gasteiger partial charge < -0.3 is 4.74 Å². The number of hydrazone groups is 2. The smallest absolute Gasteiger partial charge is 0.343 e. The van der Waals surface area contributed by atoms with Crippen molar-refractivity contribution in [2.24, 2.45) is 22.0 Å². The van der Waals surface area contributed by atoms with E-state index < -0.39 is 23.7 Å². The lowest BCUT2D eigenvalue weighted by atomic mass is 9.73. The zero-order chi connectivity index (χ0) is 21.3. The summed E-state index contributed by atoms with van der Waals surface area (Å²) in [6.07, 6.45) is 0. The highest BCUT2D eigenvalue weighted by Crippen LogP contribution is 2.38. The van der Waals surface area contributed by atoms with E-state index in [2.05, 4.69) is 21.1 Å². The van der Waals surface area contributed by atoms with Crippen molar-refractivity contribution in [2.45, 2.75) is 19.8 Å². The van der Waals surface area contributed by atoms with Crippen molar-refractivity contribution in [1.29, 1.82) is 0 Å². The van der Waals surface area contributed by atoms with E-state index in [1.54, 1.807) is 62.4 Å². The SMILES string of the molecule is CC1=NNC(=O)C1C(c1ccc(OC(=O)c2ccccc2)cc1)C1C(=O)NN=C1C. The molecule has 0 saturated carbocycles. The average molecular weight is 404 g/mol. The molecule has 0 fully saturated rings. The van der Waals surface area contributed by atoms with Crippen LogP contribution in [-0.2, 0) is 9.59 Å². The van der Waals surface area contributed by atoms with Gasteiger partial charge in [-0.1, -0.05) is 30.3 Å². The zero-order valence-electron chi connectivity index (χ0n) is 16.5. The molecule has 2 N–H and O–H groups in total. The van der Waals surface area contributed by atoms with E-state index in [-0.39, 0.29) is 11.8 Å². The number of carbonyl (C=O) groups is 3. The third-order valence-electron chi connectivity index (χ3n) is 5.35. The minimum atomic E-state index is -0.596. The standard InChI is InChI=1S/C22H20N4O4/c1-12-17(20(27)25-23-12)19(18-13(2)24-26-21(18)28)14-8-10-16(11-9-14)30-22(29)15-6-4-3-5-7-15/h3-11,17-19H,1-2H3,(H,25,27)(H,26,28). The van der Waals surface area contributed by atoms with E-state index in [0.29, 0.717) is 22.7 Å². The van der Waals surface area contributed by atoms with Crippen LogP contribution >= 0.6 is 0 Å². The van der Waals surface area contributed by atoms with Crippen LogP contribution in [0, 0.1) is 11.8 Å². The molecule has 4 rings (SSSR count). The van der Waals surface area contributed by atoms with Crippen molar-refractivity contribution >= 4 is 29.2 Å². The number of rotatable bonds is 5. The summed E-state index contributed by atoms with van der Waals surface area (Å²) in [6.45, 7) is 3.51. The summed E-state index contributed by atoms with van der Waals surface area (Å²) in [5.74, 6) is -2.29. The van der Waals surface area contributed by atoms with Gasteiger partial charge in [0.2, 0.25) is 11.8 Å². The molecule has 2 atom stereocenters. The summed E-state index contributed by atoms with van der Waals surface area (Å²) in [6, 6.07) is 15.5. The van der Waals surface area contributed by atoms with Crippen LogP contribution in [0.2, 0.25) is 0 Å². The van der Waals surface area contributed by atoms with Gasteiger partial charge in [0.1, 0.15) is 5.75 Å². The first kappa shape index (κ1) is 19.5. The van der Waals surface area contributed by atoms with E-state index in [0.717, 1.165) is 5.56 Å². The maximum absolute atomic E-state index is 12.5. The third-order valence-corrected chi connectivity index (χ3v) is 5.35. The van der Waals surface area contributed by atoms with Crippen LogP contribution in [0.1, 0.15) is 35.7 Å². The molecule has 2 heterocycles. The maximum Gasteiger partial charge on any atom is 0.343 e. The Bertz CT molecular complexity index is 1020. The molecule has 2 aromatic rings. The van der Waals surface area contributed by atoms with Gasteiger partial charge in [-0.3, -0.25) is 9.59 Å². The Hall–Kier alpha value is -3.81. The molecular weight excluding hydrogens is 384 g/mol. The van der Waals surface area contributed by atoms with Gasteiger partial charge in [-0.2, -0.15) is 10.2 Å². The van der Waals surface area contributed by atoms with E-state index in [9.17, 15) is 14.4 Å². The molecule has 2 aliphatic rings. The topological polar surface area (TPSA) is 109 Å². The predicted molar refractivity (Wildman–Crippen MR) is 110 cm³/mol. The molecule has 0 aromatic heterocycles. The number of amides is 2. The molecule has 0 bridgehead atoms. The molecule has 2 aliphatic heterocycles. The summed E-state index contributed by atoms with van der Waals surface area (Å²) in [4.78, 5) is 37.2. The molecule has 0 aliphatic carbocycles. The number of nitrogens with one attached hydrogen (secondary N) is 2. The Morgan fingerprint density at radius 2 is 1.40 bits per heavy atom. The van der Waals surface area contributed by atoms with Crippen LogP contribution in [0.15, 0.2) is 64.8 Å². The van der Waals surface area contributed by atoms with Gasteiger partial charge in [0.15, 0.2) is 0 Å². The second kappa shape index (κ2) is 7.90. The number of esters is 1. The summed E-state index contributed by atoms with van der Waals surface area (Å²) >= 11 is 0. The number of carbonyl (C=O) groups excluding carboxylic acids is 3. The second-order valence-electron chi connectivity index (χ2n) is 7.26. The lowest BCUT2D eigenvalue weighted by Crippen LogP contribution is -2.38. The minimum absolute atomic E-state index is 0.260. The van der Waals surface area contributed by atoms with Gasteiger partial charge in [0, 0.05) is 17.3 Å². The molecule has 2 amide bonds. The Kier molecular flexibility index (Phi) is 5.14. The van der Waals surface area contributed by atoms with Gasteiger partial charge in [0.05, 0.1) is 17.4 Å². The lowest BCUT2D eigenvalue weighted by Gasteiger charge is -2.27. The molecule has 0 spiro atoms. The molecule has 8 heteroatoms. The van der Waals surface area contributed by atoms with Gasteiger partial charge >= 0.3 is 5.97 Å². The highest BCUT2D eigenvalue weighted by atomic mass is 16.5. The Morgan fingerprint density at radius 1 is 0.867 bits per heavy atom. The van der Waals surface area contributed by atoms with E-state index in [1.807, 2.05) is 6.07 Å². The number of ether oxygens (including phenoxy) is 1. The fourth-order valence-corrected chi connectivity index (χ4v) is 3.87. The first-order chi connectivity index (χ1) is 14.5. The van der Waals surface area contributed by atoms with Crippen LogP contribution < -0.4 is 15.6 Å². The van der Waals surface area contributed by atoms with Crippen LogP contribution in [0.4, 0.5) is 0 Å². The summed E-state index contributed by atoms with van der Waals surface area (Å²) < 4.78 is 5.43. The third kappa shape index (κ3) is 3.59.